The number of aryl methyl sites for hydroxylation is 1. The quantitative estimate of drug-likeness (QED) is 0.330. The largest absolute Gasteiger partial charge is 0.497 e. The van der Waals surface area contributed by atoms with Crippen LogP contribution in [0.3, 0.4) is 0 Å². The van der Waals surface area contributed by atoms with Crippen LogP contribution in [-0.2, 0) is 25.5 Å². The summed E-state index contributed by atoms with van der Waals surface area (Å²) in [6, 6.07) is 9.25. The Bertz CT molecular complexity index is 1380. The minimum Gasteiger partial charge on any atom is -0.497 e. The standard InChI is InChI=1S/C32H38N2O8/c1-5-18-11-13-20(14-12-18)34-28(35)25-26(29(34)36)32(31(38)39,17-19-9-7-6-8-10-19)33-27(25)22-15-21(40-2)16-23(41-3)24(22)30(37)42-4/h11-16,19,25-27,33H,5-10,17H2,1-4H3,(H,38,39). The highest BCUT2D eigenvalue weighted by Crippen LogP contribution is 2.54. The fraction of sp³-hybridized carbons (Fsp3) is 0.500. The third kappa shape index (κ3) is 4.81. The second-order valence-electron chi connectivity index (χ2n) is 11.4. The zero-order valence-corrected chi connectivity index (χ0v) is 24.5. The molecule has 10 nitrogen and oxygen atoms in total. The van der Waals surface area contributed by atoms with Crippen LogP contribution in [0.4, 0.5) is 5.69 Å². The molecule has 3 fully saturated rings. The van der Waals surface area contributed by atoms with Crippen molar-refractivity contribution in [3.63, 3.8) is 0 Å². The molecule has 2 aromatic carbocycles. The van der Waals surface area contributed by atoms with Crippen molar-refractivity contribution in [2.75, 3.05) is 26.2 Å². The molecule has 3 aliphatic rings. The molecule has 224 valence electrons. The molecule has 2 aromatic rings. The number of amides is 2. The molecule has 2 heterocycles. The van der Waals surface area contributed by atoms with Crippen LogP contribution in [0.15, 0.2) is 36.4 Å². The van der Waals surface area contributed by atoms with Crippen molar-refractivity contribution in [2.24, 2.45) is 17.8 Å². The fourth-order valence-corrected chi connectivity index (χ4v) is 7.18. The molecule has 2 saturated heterocycles. The number of anilines is 1. The van der Waals surface area contributed by atoms with Gasteiger partial charge in [-0.25, -0.2) is 9.69 Å². The molecule has 10 heteroatoms. The molecule has 2 N–H and O–H groups in total. The van der Waals surface area contributed by atoms with Gasteiger partial charge in [0, 0.05) is 12.1 Å². The lowest BCUT2D eigenvalue weighted by Crippen LogP contribution is -2.57. The Hall–Kier alpha value is -3.92. The number of benzene rings is 2. The SMILES string of the molecule is CCc1ccc(N2C(=O)C3C(c4cc(OC)cc(OC)c4C(=O)OC)NC(CC4CCCCC4)(C(=O)O)C3C2=O)cc1. The van der Waals surface area contributed by atoms with Crippen LogP contribution in [0.1, 0.15) is 73.0 Å². The molecule has 1 aliphatic carbocycles. The second-order valence-corrected chi connectivity index (χ2v) is 11.4. The van der Waals surface area contributed by atoms with Crippen LogP contribution in [0, 0.1) is 17.8 Å². The van der Waals surface area contributed by atoms with Gasteiger partial charge in [-0.3, -0.25) is 19.7 Å². The van der Waals surface area contributed by atoms with Crippen LogP contribution in [0.25, 0.3) is 0 Å². The molecule has 4 unspecified atom stereocenters. The third-order valence-electron chi connectivity index (χ3n) is 9.26. The average molecular weight is 579 g/mol. The number of imide groups is 1. The summed E-state index contributed by atoms with van der Waals surface area (Å²) in [7, 11) is 4.08. The highest BCUT2D eigenvalue weighted by molar-refractivity contribution is 6.24. The number of hydrogen-bond acceptors (Lipinski definition) is 8. The van der Waals surface area contributed by atoms with E-state index in [2.05, 4.69) is 5.32 Å². The van der Waals surface area contributed by atoms with E-state index < -0.39 is 47.2 Å². The molecular formula is C32H38N2O8. The first-order valence-electron chi connectivity index (χ1n) is 14.5. The molecule has 0 bridgehead atoms. The number of carbonyl (C=O) groups is 4. The van der Waals surface area contributed by atoms with E-state index in [9.17, 15) is 24.3 Å². The molecule has 2 aliphatic heterocycles. The van der Waals surface area contributed by atoms with E-state index in [1.54, 1.807) is 18.2 Å². The second kappa shape index (κ2) is 11.8. The van der Waals surface area contributed by atoms with Gasteiger partial charge in [0.05, 0.1) is 38.9 Å². The van der Waals surface area contributed by atoms with Crippen LogP contribution in [0.2, 0.25) is 0 Å². The van der Waals surface area contributed by atoms with Gasteiger partial charge in [-0.05, 0) is 48.1 Å². The topological polar surface area (TPSA) is 131 Å². The number of hydrogen-bond donors (Lipinski definition) is 2. The lowest BCUT2D eigenvalue weighted by atomic mass is 9.72. The van der Waals surface area contributed by atoms with Gasteiger partial charge in [-0.2, -0.15) is 0 Å². The summed E-state index contributed by atoms with van der Waals surface area (Å²) in [5.74, 6) is -4.70. The van der Waals surface area contributed by atoms with Gasteiger partial charge in [-0.15, -0.1) is 0 Å². The summed E-state index contributed by atoms with van der Waals surface area (Å²) in [5.41, 5.74) is 0.0297. The average Bonchev–Trinajstić information content (AvgIpc) is 3.49. The predicted octanol–water partition coefficient (Wildman–Crippen LogP) is 4.30. The molecule has 0 spiro atoms. The zero-order chi connectivity index (χ0) is 30.2. The fourth-order valence-electron chi connectivity index (χ4n) is 7.18. The maximum absolute atomic E-state index is 14.3. The highest BCUT2D eigenvalue weighted by atomic mass is 16.5. The number of rotatable bonds is 9. The monoisotopic (exact) mass is 578 g/mol. The number of esters is 1. The normalized spacial score (nSPS) is 25.8. The van der Waals surface area contributed by atoms with Gasteiger partial charge in [-0.1, -0.05) is 51.2 Å². The van der Waals surface area contributed by atoms with Gasteiger partial charge < -0.3 is 19.3 Å². The van der Waals surface area contributed by atoms with Crippen molar-refractivity contribution >= 4 is 29.4 Å². The summed E-state index contributed by atoms with van der Waals surface area (Å²) in [6.45, 7) is 2.01. The van der Waals surface area contributed by atoms with Crippen molar-refractivity contribution in [3.05, 3.63) is 53.1 Å². The van der Waals surface area contributed by atoms with Gasteiger partial charge in [0.1, 0.15) is 22.6 Å². The van der Waals surface area contributed by atoms with Gasteiger partial charge in [0.25, 0.3) is 0 Å². The Labute approximate surface area is 245 Å². The number of methoxy groups -OCH3 is 3. The highest BCUT2D eigenvalue weighted by Gasteiger charge is 2.69. The molecule has 0 radical (unpaired) electrons. The summed E-state index contributed by atoms with van der Waals surface area (Å²) < 4.78 is 16.1. The molecular weight excluding hydrogens is 540 g/mol. The molecule has 5 rings (SSSR count). The van der Waals surface area contributed by atoms with Crippen molar-refractivity contribution in [3.8, 4) is 11.5 Å². The molecule has 2 amide bonds. The first-order valence-corrected chi connectivity index (χ1v) is 14.5. The number of nitrogens with one attached hydrogen (secondary N) is 1. The van der Waals surface area contributed by atoms with Crippen LogP contribution < -0.4 is 19.7 Å². The lowest BCUT2D eigenvalue weighted by molar-refractivity contribution is -0.150. The van der Waals surface area contributed by atoms with Gasteiger partial charge in [0.2, 0.25) is 11.8 Å². The maximum atomic E-state index is 14.3. The van der Waals surface area contributed by atoms with E-state index in [1.807, 2.05) is 19.1 Å². The maximum Gasteiger partial charge on any atom is 0.341 e. The first-order chi connectivity index (χ1) is 20.2. The number of carbonyl (C=O) groups excluding carboxylic acids is 3. The number of carboxylic acid groups (broad SMARTS) is 1. The van der Waals surface area contributed by atoms with Crippen LogP contribution in [-0.4, -0.2) is 55.7 Å². The van der Waals surface area contributed by atoms with E-state index in [0.717, 1.165) is 49.0 Å². The first kappa shape index (κ1) is 29.6. The summed E-state index contributed by atoms with van der Waals surface area (Å²) in [6.07, 6.45) is 5.74. The van der Waals surface area contributed by atoms with Crippen molar-refractivity contribution in [2.45, 2.75) is 63.5 Å². The number of aliphatic carboxylic acids is 1. The third-order valence-corrected chi connectivity index (χ3v) is 9.26. The number of fused-ring (bicyclic) bond motifs is 1. The van der Waals surface area contributed by atoms with Crippen molar-refractivity contribution < 1.29 is 38.5 Å². The van der Waals surface area contributed by atoms with Gasteiger partial charge in [0.15, 0.2) is 0 Å². The van der Waals surface area contributed by atoms with Crippen LogP contribution in [0.5, 0.6) is 11.5 Å². The molecule has 4 atom stereocenters. The summed E-state index contributed by atoms with van der Waals surface area (Å²) in [4.78, 5) is 56.1. The summed E-state index contributed by atoms with van der Waals surface area (Å²) in [5, 5.41) is 14.1. The van der Waals surface area contributed by atoms with E-state index in [1.165, 1.54) is 27.4 Å². The minimum atomic E-state index is -1.73. The van der Waals surface area contributed by atoms with E-state index in [0.29, 0.717) is 11.4 Å². The molecule has 0 aromatic heterocycles. The molecule has 1 saturated carbocycles. The number of carboxylic acids is 1. The lowest BCUT2D eigenvalue weighted by Gasteiger charge is -2.35. The van der Waals surface area contributed by atoms with E-state index in [-0.39, 0.29) is 29.2 Å². The Morgan fingerprint density at radius 2 is 1.69 bits per heavy atom. The van der Waals surface area contributed by atoms with E-state index in [4.69, 9.17) is 14.2 Å². The molecule has 42 heavy (non-hydrogen) atoms. The van der Waals surface area contributed by atoms with Crippen molar-refractivity contribution in [1.29, 1.82) is 0 Å². The summed E-state index contributed by atoms with van der Waals surface area (Å²) >= 11 is 0. The van der Waals surface area contributed by atoms with Crippen LogP contribution >= 0.6 is 0 Å². The zero-order valence-electron chi connectivity index (χ0n) is 24.5. The van der Waals surface area contributed by atoms with Crippen molar-refractivity contribution in [1.82, 2.24) is 5.32 Å². The predicted molar refractivity (Wildman–Crippen MR) is 154 cm³/mol. The number of nitrogens with zero attached hydrogens (tertiary/aromatic N) is 1. The minimum absolute atomic E-state index is 0.0434. The van der Waals surface area contributed by atoms with Gasteiger partial charge >= 0.3 is 11.9 Å². The van der Waals surface area contributed by atoms with E-state index >= 15 is 0 Å². The Morgan fingerprint density at radius 3 is 2.26 bits per heavy atom. The smallest absolute Gasteiger partial charge is 0.341 e. The Balaban J connectivity index is 1.70. The Kier molecular flexibility index (Phi) is 8.28. The Morgan fingerprint density at radius 1 is 1.00 bits per heavy atom. The number of ether oxygens (including phenoxy) is 3.